The number of rotatable bonds is 6. The average molecular weight is 295 g/mol. The minimum Gasteiger partial charge on any atom is -0.409 e. The highest BCUT2D eigenvalue weighted by atomic mass is 32.2. The molecule has 0 aliphatic carbocycles. The van der Waals surface area contributed by atoms with Crippen molar-refractivity contribution in [1.29, 1.82) is 0 Å². The van der Waals surface area contributed by atoms with E-state index in [4.69, 9.17) is 10.9 Å². The topological polar surface area (TPSA) is 87.7 Å². The fourth-order valence-corrected chi connectivity index (χ4v) is 2.48. The van der Waals surface area contributed by atoms with E-state index in [0.29, 0.717) is 18.5 Å². The molecule has 0 spiro atoms. The Balaban J connectivity index is 2.96. The molecule has 0 aliphatic heterocycles. The zero-order valence-electron chi connectivity index (χ0n) is 12.0. The van der Waals surface area contributed by atoms with Gasteiger partial charge in [-0.2, -0.15) is 0 Å². The van der Waals surface area contributed by atoms with E-state index < -0.39 is 5.41 Å². The van der Waals surface area contributed by atoms with Crippen molar-refractivity contribution in [3.05, 3.63) is 24.3 Å². The first kappa shape index (κ1) is 16.4. The molecule has 0 unspecified atom stereocenters. The van der Waals surface area contributed by atoms with Gasteiger partial charge in [0.25, 0.3) is 0 Å². The monoisotopic (exact) mass is 295 g/mol. The normalized spacial score (nSPS) is 12.2. The molecule has 0 aromatic heterocycles. The van der Waals surface area contributed by atoms with Crippen LogP contribution in [0.1, 0.15) is 26.7 Å². The van der Waals surface area contributed by atoms with Crippen LogP contribution in [0.4, 0.5) is 5.69 Å². The third-order valence-electron chi connectivity index (χ3n) is 3.59. The van der Waals surface area contributed by atoms with E-state index >= 15 is 0 Å². The van der Waals surface area contributed by atoms with Gasteiger partial charge in [-0.1, -0.05) is 19.0 Å². The average Bonchev–Trinajstić information content (AvgIpc) is 2.49. The lowest BCUT2D eigenvalue weighted by molar-refractivity contribution is -0.122. The van der Waals surface area contributed by atoms with E-state index in [9.17, 15) is 4.79 Å². The Morgan fingerprint density at radius 3 is 2.30 bits per heavy atom. The summed E-state index contributed by atoms with van der Waals surface area (Å²) in [5.74, 6) is -0.310. The Labute approximate surface area is 123 Å². The predicted octanol–water partition coefficient (Wildman–Crippen LogP) is 2.90. The molecule has 1 aromatic rings. The third-order valence-corrected chi connectivity index (χ3v) is 4.33. The van der Waals surface area contributed by atoms with Crippen molar-refractivity contribution in [1.82, 2.24) is 0 Å². The quantitative estimate of drug-likeness (QED) is 0.247. The van der Waals surface area contributed by atoms with Gasteiger partial charge in [0, 0.05) is 10.6 Å². The molecule has 0 fully saturated rings. The number of nitrogens with zero attached hydrogens (tertiary/aromatic N) is 1. The second kappa shape index (κ2) is 7.19. The van der Waals surface area contributed by atoms with Crippen molar-refractivity contribution in [2.24, 2.45) is 16.3 Å². The summed E-state index contributed by atoms with van der Waals surface area (Å²) < 4.78 is 0. The molecule has 0 bridgehead atoms. The standard InChI is InChI=1S/C14H21N3O2S/c1-4-14(5-2,12(15)17-19)13(18)16-10-6-8-11(20-3)9-7-10/h6-9,19H,4-5H2,1-3H3,(H2,15,17)(H,16,18). The van der Waals surface area contributed by atoms with Crippen molar-refractivity contribution in [3.8, 4) is 0 Å². The fraction of sp³-hybridized carbons (Fsp3) is 0.429. The second-order valence-corrected chi connectivity index (χ2v) is 5.34. The maximum absolute atomic E-state index is 12.5. The van der Waals surface area contributed by atoms with Gasteiger partial charge in [-0.05, 0) is 43.4 Å². The molecule has 6 heteroatoms. The van der Waals surface area contributed by atoms with Gasteiger partial charge < -0.3 is 16.3 Å². The third kappa shape index (κ3) is 3.25. The zero-order valence-corrected chi connectivity index (χ0v) is 12.8. The highest BCUT2D eigenvalue weighted by molar-refractivity contribution is 7.98. The molecule has 5 nitrogen and oxygen atoms in total. The smallest absolute Gasteiger partial charge is 0.238 e. The molecule has 0 saturated heterocycles. The van der Waals surface area contributed by atoms with Gasteiger partial charge in [-0.25, -0.2) is 0 Å². The van der Waals surface area contributed by atoms with Crippen molar-refractivity contribution in [2.75, 3.05) is 11.6 Å². The number of amides is 1. The lowest BCUT2D eigenvalue weighted by Gasteiger charge is -2.28. The van der Waals surface area contributed by atoms with Crippen LogP contribution in [0.25, 0.3) is 0 Å². The molecule has 0 atom stereocenters. The SMILES string of the molecule is CCC(CC)(C(=O)Nc1ccc(SC)cc1)C(N)=NO. The summed E-state index contributed by atoms with van der Waals surface area (Å²) in [5, 5.41) is 14.8. The number of nitrogens with one attached hydrogen (secondary N) is 1. The number of nitrogens with two attached hydrogens (primary N) is 1. The highest BCUT2D eigenvalue weighted by Crippen LogP contribution is 2.29. The molecular weight excluding hydrogens is 274 g/mol. The number of thioether (sulfide) groups is 1. The number of carbonyl (C=O) groups is 1. The first-order valence-corrected chi connectivity index (χ1v) is 7.70. The van der Waals surface area contributed by atoms with Gasteiger partial charge in [0.2, 0.25) is 5.91 Å². The van der Waals surface area contributed by atoms with E-state index in [0.717, 1.165) is 4.90 Å². The van der Waals surface area contributed by atoms with Crippen molar-refractivity contribution >= 4 is 29.2 Å². The Kier molecular flexibility index (Phi) is 5.88. The number of carbonyl (C=O) groups excluding carboxylic acids is 1. The maximum Gasteiger partial charge on any atom is 0.238 e. The second-order valence-electron chi connectivity index (χ2n) is 4.46. The van der Waals surface area contributed by atoms with E-state index in [1.54, 1.807) is 11.8 Å². The summed E-state index contributed by atoms with van der Waals surface area (Å²) in [6, 6.07) is 7.55. The Morgan fingerprint density at radius 1 is 1.35 bits per heavy atom. The van der Waals surface area contributed by atoms with Crippen LogP contribution in [0.2, 0.25) is 0 Å². The van der Waals surface area contributed by atoms with Gasteiger partial charge >= 0.3 is 0 Å². The predicted molar refractivity (Wildman–Crippen MR) is 83.3 cm³/mol. The van der Waals surface area contributed by atoms with Crippen LogP contribution < -0.4 is 11.1 Å². The van der Waals surface area contributed by atoms with Gasteiger partial charge in [0.1, 0.15) is 5.41 Å². The van der Waals surface area contributed by atoms with Gasteiger partial charge in [-0.3, -0.25) is 4.79 Å². The number of amidine groups is 1. The largest absolute Gasteiger partial charge is 0.409 e. The minimum absolute atomic E-state index is 0.0549. The van der Waals surface area contributed by atoms with E-state index in [-0.39, 0.29) is 11.7 Å². The summed E-state index contributed by atoms with van der Waals surface area (Å²) in [4.78, 5) is 13.6. The van der Waals surface area contributed by atoms with Crippen LogP contribution in [0, 0.1) is 5.41 Å². The molecule has 4 N–H and O–H groups in total. The number of oxime groups is 1. The minimum atomic E-state index is -0.979. The lowest BCUT2D eigenvalue weighted by Crippen LogP contribution is -2.46. The first-order valence-electron chi connectivity index (χ1n) is 6.47. The van der Waals surface area contributed by atoms with Gasteiger partial charge in [0.05, 0.1) is 0 Å². The van der Waals surface area contributed by atoms with Crippen LogP contribution >= 0.6 is 11.8 Å². The molecule has 1 rings (SSSR count). The van der Waals surface area contributed by atoms with Crippen molar-refractivity contribution in [3.63, 3.8) is 0 Å². The highest BCUT2D eigenvalue weighted by Gasteiger charge is 2.39. The molecule has 0 aliphatic rings. The molecule has 1 amide bonds. The zero-order chi connectivity index (χ0) is 15.2. The van der Waals surface area contributed by atoms with Crippen LogP contribution in [-0.2, 0) is 4.79 Å². The van der Waals surface area contributed by atoms with E-state index in [1.165, 1.54) is 0 Å². The Hall–Kier alpha value is -1.69. The number of anilines is 1. The summed E-state index contributed by atoms with van der Waals surface area (Å²) in [6.45, 7) is 3.69. The van der Waals surface area contributed by atoms with E-state index in [1.807, 2.05) is 44.4 Å². The number of benzene rings is 1. The first-order chi connectivity index (χ1) is 9.53. The molecule has 110 valence electrons. The summed E-state index contributed by atoms with van der Waals surface area (Å²) >= 11 is 1.63. The lowest BCUT2D eigenvalue weighted by atomic mass is 9.80. The Bertz CT molecular complexity index is 482. The molecular formula is C14H21N3O2S. The molecule has 0 saturated carbocycles. The van der Waals surface area contributed by atoms with Crippen LogP contribution in [0.5, 0.6) is 0 Å². The summed E-state index contributed by atoms with van der Waals surface area (Å²) in [5.41, 5.74) is 5.43. The number of hydrogen-bond donors (Lipinski definition) is 3. The Morgan fingerprint density at radius 2 is 1.90 bits per heavy atom. The van der Waals surface area contributed by atoms with E-state index in [2.05, 4.69) is 10.5 Å². The van der Waals surface area contributed by atoms with Gasteiger partial charge in [0.15, 0.2) is 5.84 Å². The molecule has 20 heavy (non-hydrogen) atoms. The van der Waals surface area contributed by atoms with Crippen LogP contribution in [-0.4, -0.2) is 23.2 Å². The van der Waals surface area contributed by atoms with Crippen LogP contribution in [0.3, 0.4) is 0 Å². The summed E-state index contributed by atoms with van der Waals surface area (Å²) in [7, 11) is 0. The maximum atomic E-state index is 12.5. The molecule has 0 radical (unpaired) electrons. The van der Waals surface area contributed by atoms with Crippen molar-refractivity contribution < 1.29 is 10.0 Å². The molecule has 1 aromatic carbocycles. The van der Waals surface area contributed by atoms with Crippen LogP contribution in [0.15, 0.2) is 34.3 Å². The molecule has 0 heterocycles. The fourth-order valence-electron chi connectivity index (χ4n) is 2.07. The summed E-state index contributed by atoms with van der Waals surface area (Å²) in [6.07, 6.45) is 2.92. The van der Waals surface area contributed by atoms with Crippen molar-refractivity contribution in [2.45, 2.75) is 31.6 Å². The number of hydrogen-bond acceptors (Lipinski definition) is 4. The van der Waals surface area contributed by atoms with Gasteiger partial charge in [-0.15, -0.1) is 11.8 Å².